The molecule has 0 bridgehead atoms. The van der Waals surface area contributed by atoms with E-state index in [0.29, 0.717) is 16.8 Å². The van der Waals surface area contributed by atoms with Gasteiger partial charge in [-0.05, 0) is 40.4 Å². The molecule has 1 rings (SSSR count). The molecule has 1 amide bonds. The minimum Gasteiger partial charge on any atom is -0.493 e. The molecule has 1 aromatic carbocycles. The van der Waals surface area contributed by atoms with Crippen molar-refractivity contribution < 1.29 is 27.4 Å². The van der Waals surface area contributed by atoms with E-state index < -0.39 is 24.0 Å². The first kappa shape index (κ1) is 21.6. The lowest BCUT2D eigenvalue weighted by molar-refractivity contribution is -0.142. The SMILES string of the molecule is CCOc1c(Br)cc(C(=O)N(CC(C)(C)C)CC(F)(F)F)cc1OC. The first-order chi connectivity index (χ1) is 11.4. The van der Waals surface area contributed by atoms with E-state index in [0.717, 1.165) is 4.90 Å². The lowest BCUT2D eigenvalue weighted by Crippen LogP contribution is -2.43. The fourth-order valence-corrected chi connectivity index (χ4v) is 2.86. The summed E-state index contributed by atoms with van der Waals surface area (Å²) in [5, 5.41) is 0. The summed E-state index contributed by atoms with van der Waals surface area (Å²) in [4.78, 5) is 13.5. The Morgan fingerprint density at radius 3 is 2.24 bits per heavy atom. The highest BCUT2D eigenvalue weighted by Gasteiger charge is 2.35. The van der Waals surface area contributed by atoms with Crippen molar-refractivity contribution >= 4 is 21.8 Å². The molecule has 25 heavy (non-hydrogen) atoms. The van der Waals surface area contributed by atoms with Crippen molar-refractivity contribution in [2.75, 3.05) is 26.8 Å². The molecule has 0 saturated carbocycles. The Labute approximate surface area is 154 Å². The van der Waals surface area contributed by atoms with Crippen LogP contribution in [0.15, 0.2) is 16.6 Å². The topological polar surface area (TPSA) is 38.8 Å². The molecule has 0 fully saturated rings. The highest BCUT2D eigenvalue weighted by Crippen LogP contribution is 2.37. The summed E-state index contributed by atoms with van der Waals surface area (Å²) < 4.78 is 49.8. The van der Waals surface area contributed by atoms with Crippen molar-refractivity contribution in [2.45, 2.75) is 33.9 Å². The molecule has 0 heterocycles. The minimum atomic E-state index is -4.48. The number of rotatable bonds is 6. The third-order valence-corrected chi connectivity index (χ3v) is 3.68. The van der Waals surface area contributed by atoms with Crippen LogP contribution in [0.1, 0.15) is 38.1 Å². The quantitative estimate of drug-likeness (QED) is 0.649. The number of methoxy groups -OCH3 is 1. The van der Waals surface area contributed by atoms with Crippen LogP contribution in [0.5, 0.6) is 11.5 Å². The number of ether oxygens (including phenoxy) is 2. The number of benzene rings is 1. The van der Waals surface area contributed by atoms with E-state index in [-0.39, 0.29) is 17.9 Å². The number of carbonyl (C=O) groups excluding carboxylic acids is 1. The number of hydrogen-bond donors (Lipinski definition) is 0. The molecule has 0 saturated heterocycles. The molecule has 0 aliphatic rings. The highest BCUT2D eigenvalue weighted by atomic mass is 79.9. The van der Waals surface area contributed by atoms with Crippen LogP contribution in [0.25, 0.3) is 0 Å². The molecular formula is C17H23BrF3NO3. The van der Waals surface area contributed by atoms with Crippen LogP contribution in [0, 0.1) is 5.41 Å². The van der Waals surface area contributed by atoms with Crippen molar-refractivity contribution in [1.82, 2.24) is 4.90 Å². The zero-order chi connectivity index (χ0) is 19.4. The predicted octanol–water partition coefficient (Wildman–Crippen LogP) is 4.91. The van der Waals surface area contributed by atoms with E-state index in [1.54, 1.807) is 27.7 Å². The maximum Gasteiger partial charge on any atom is 0.406 e. The smallest absolute Gasteiger partial charge is 0.406 e. The van der Waals surface area contributed by atoms with Gasteiger partial charge in [-0.3, -0.25) is 4.79 Å². The normalized spacial score (nSPS) is 12.0. The molecule has 142 valence electrons. The summed E-state index contributed by atoms with van der Waals surface area (Å²) in [6, 6.07) is 2.84. The van der Waals surface area contributed by atoms with Crippen LogP contribution in [0.4, 0.5) is 13.2 Å². The summed E-state index contributed by atoms with van der Waals surface area (Å²) in [6.07, 6.45) is -4.48. The van der Waals surface area contributed by atoms with Gasteiger partial charge in [-0.15, -0.1) is 0 Å². The molecule has 8 heteroatoms. The molecule has 0 aliphatic heterocycles. The lowest BCUT2D eigenvalue weighted by atomic mass is 9.95. The highest BCUT2D eigenvalue weighted by molar-refractivity contribution is 9.10. The zero-order valence-corrected chi connectivity index (χ0v) is 16.5. The second kappa shape index (κ2) is 8.29. The number of hydrogen-bond acceptors (Lipinski definition) is 3. The number of nitrogens with zero attached hydrogens (tertiary/aromatic N) is 1. The van der Waals surface area contributed by atoms with Gasteiger partial charge in [0.1, 0.15) is 6.54 Å². The van der Waals surface area contributed by atoms with Gasteiger partial charge < -0.3 is 14.4 Å². The summed E-state index contributed by atoms with van der Waals surface area (Å²) in [5.41, 5.74) is -0.381. The summed E-state index contributed by atoms with van der Waals surface area (Å²) in [5.74, 6) is -0.0312. The van der Waals surface area contributed by atoms with Gasteiger partial charge in [-0.2, -0.15) is 13.2 Å². The third kappa shape index (κ3) is 6.76. The minimum absolute atomic E-state index is 0.0293. The molecule has 0 unspecified atom stereocenters. The van der Waals surface area contributed by atoms with Gasteiger partial charge in [0, 0.05) is 12.1 Å². The van der Waals surface area contributed by atoms with Gasteiger partial charge in [0.15, 0.2) is 11.5 Å². The average molecular weight is 426 g/mol. The van der Waals surface area contributed by atoms with Gasteiger partial charge in [0.2, 0.25) is 0 Å². The van der Waals surface area contributed by atoms with Crippen LogP contribution in [0.2, 0.25) is 0 Å². The van der Waals surface area contributed by atoms with E-state index in [1.807, 2.05) is 0 Å². The monoisotopic (exact) mass is 425 g/mol. The van der Waals surface area contributed by atoms with Crippen LogP contribution in [-0.2, 0) is 0 Å². The van der Waals surface area contributed by atoms with E-state index in [1.165, 1.54) is 19.2 Å². The van der Waals surface area contributed by atoms with Crippen molar-refractivity contribution in [2.24, 2.45) is 5.41 Å². The Bertz CT molecular complexity index is 596. The van der Waals surface area contributed by atoms with Crippen LogP contribution < -0.4 is 9.47 Å². The summed E-state index contributed by atoms with van der Waals surface area (Å²) in [7, 11) is 1.40. The number of alkyl halides is 3. The molecule has 1 aromatic rings. The molecule has 0 N–H and O–H groups in total. The van der Waals surface area contributed by atoms with Gasteiger partial charge in [-0.25, -0.2) is 0 Å². The largest absolute Gasteiger partial charge is 0.493 e. The fourth-order valence-electron chi connectivity index (χ4n) is 2.30. The Balaban J connectivity index is 3.25. The Hall–Kier alpha value is -1.44. The Morgan fingerprint density at radius 2 is 1.80 bits per heavy atom. The molecule has 0 atom stereocenters. The van der Waals surface area contributed by atoms with Gasteiger partial charge in [-0.1, -0.05) is 20.8 Å². The average Bonchev–Trinajstić information content (AvgIpc) is 2.44. The van der Waals surface area contributed by atoms with E-state index in [9.17, 15) is 18.0 Å². The zero-order valence-electron chi connectivity index (χ0n) is 15.0. The molecule has 0 aliphatic carbocycles. The third-order valence-electron chi connectivity index (χ3n) is 3.09. The van der Waals surface area contributed by atoms with Crippen molar-refractivity contribution in [3.05, 3.63) is 22.2 Å². The summed E-state index contributed by atoms with van der Waals surface area (Å²) in [6.45, 7) is 6.16. The van der Waals surface area contributed by atoms with Gasteiger partial charge in [0.25, 0.3) is 5.91 Å². The fraction of sp³-hybridized carbons (Fsp3) is 0.588. The standard InChI is InChI=1S/C17H23BrF3NO3/c1-6-25-14-12(18)7-11(8-13(14)24-5)15(23)22(9-16(2,3)4)10-17(19,20)21/h7-8H,6,9-10H2,1-5H3. The number of carbonyl (C=O) groups is 1. The summed E-state index contributed by atoms with van der Waals surface area (Å²) >= 11 is 3.28. The van der Waals surface area contributed by atoms with Crippen LogP contribution in [-0.4, -0.2) is 43.8 Å². The van der Waals surface area contributed by atoms with Crippen molar-refractivity contribution in [3.8, 4) is 11.5 Å². The van der Waals surface area contributed by atoms with E-state index >= 15 is 0 Å². The van der Waals surface area contributed by atoms with Gasteiger partial charge >= 0.3 is 6.18 Å². The predicted molar refractivity (Wildman–Crippen MR) is 93.3 cm³/mol. The second-order valence-electron chi connectivity index (χ2n) is 6.76. The second-order valence-corrected chi connectivity index (χ2v) is 7.61. The first-order valence-corrected chi connectivity index (χ1v) is 8.53. The van der Waals surface area contributed by atoms with Crippen LogP contribution >= 0.6 is 15.9 Å². The van der Waals surface area contributed by atoms with Crippen molar-refractivity contribution in [1.29, 1.82) is 0 Å². The number of amides is 1. The molecule has 0 spiro atoms. The van der Waals surface area contributed by atoms with E-state index in [2.05, 4.69) is 15.9 Å². The molecule has 0 radical (unpaired) electrons. The maximum absolute atomic E-state index is 12.9. The Morgan fingerprint density at radius 1 is 1.20 bits per heavy atom. The number of halogens is 4. The van der Waals surface area contributed by atoms with Crippen molar-refractivity contribution in [3.63, 3.8) is 0 Å². The lowest BCUT2D eigenvalue weighted by Gasteiger charge is -2.31. The molecular weight excluding hydrogens is 403 g/mol. The maximum atomic E-state index is 12.9. The van der Waals surface area contributed by atoms with Gasteiger partial charge in [0.05, 0.1) is 18.2 Å². The Kier molecular flexibility index (Phi) is 7.17. The van der Waals surface area contributed by atoms with Crippen LogP contribution in [0.3, 0.4) is 0 Å². The first-order valence-electron chi connectivity index (χ1n) is 7.74. The van der Waals surface area contributed by atoms with E-state index in [4.69, 9.17) is 9.47 Å². The molecule has 0 aromatic heterocycles. The molecule has 4 nitrogen and oxygen atoms in total.